The number of rotatable bonds is 9. The minimum Gasteiger partial charge on any atom is -0.494 e. The number of carbonyl (C=O) groups is 1. The van der Waals surface area contributed by atoms with Crippen LogP contribution in [0.4, 0.5) is 11.4 Å². The van der Waals surface area contributed by atoms with Gasteiger partial charge in [-0.2, -0.15) is 0 Å². The van der Waals surface area contributed by atoms with Gasteiger partial charge >= 0.3 is 0 Å². The Bertz CT molecular complexity index is 1120. The molecule has 6 nitrogen and oxygen atoms in total. The van der Waals surface area contributed by atoms with Crippen molar-refractivity contribution in [1.29, 1.82) is 0 Å². The van der Waals surface area contributed by atoms with Gasteiger partial charge in [-0.05, 0) is 61.7 Å². The molecule has 0 aliphatic rings. The smallest absolute Gasteiger partial charge is 0.264 e. The number of amides is 1. The molecular formula is C23H24N2O4S2. The van der Waals surface area contributed by atoms with Gasteiger partial charge in [-0.3, -0.25) is 9.10 Å². The highest BCUT2D eigenvalue weighted by Gasteiger charge is 2.27. The molecule has 8 heteroatoms. The average molecular weight is 457 g/mol. The van der Waals surface area contributed by atoms with Crippen LogP contribution in [0.3, 0.4) is 0 Å². The molecule has 0 aliphatic heterocycles. The first-order valence-electron chi connectivity index (χ1n) is 9.69. The molecule has 0 heterocycles. The van der Waals surface area contributed by atoms with Crippen molar-refractivity contribution >= 4 is 39.1 Å². The van der Waals surface area contributed by atoms with E-state index in [2.05, 4.69) is 5.32 Å². The first-order chi connectivity index (χ1) is 15.0. The van der Waals surface area contributed by atoms with Crippen molar-refractivity contribution < 1.29 is 17.9 Å². The van der Waals surface area contributed by atoms with Crippen molar-refractivity contribution in [2.24, 2.45) is 0 Å². The number of sulfonamides is 1. The summed E-state index contributed by atoms with van der Waals surface area (Å²) in [5, 5.41) is 2.83. The van der Waals surface area contributed by atoms with Crippen molar-refractivity contribution in [3.05, 3.63) is 78.9 Å². The van der Waals surface area contributed by atoms with Gasteiger partial charge in [-0.15, -0.1) is 11.8 Å². The fraction of sp³-hybridized carbons (Fsp3) is 0.174. The van der Waals surface area contributed by atoms with Crippen LogP contribution in [0.1, 0.15) is 6.92 Å². The number of nitrogens with one attached hydrogen (secondary N) is 1. The van der Waals surface area contributed by atoms with Crippen LogP contribution in [0, 0.1) is 0 Å². The maximum Gasteiger partial charge on any atom is 0.264 e. The van der Waals surface area contributed by atoms with E-state index in [0.717, 1.165) is 9.20 Å². The average Bonchev–Trinajstić information content (AvgIpc) is 2.79. The van der Waals surface area contributed by atoms with Crippen molar-refractivity contribution in [3.8, 4) is 5.75 Å². The Morgan fingerprint density at radius 3 is 2.26 bits per heavy atom. The van der Waals surface area contributed by atoms with Gasteiger partial charge in [0.25, 0.3) is 10.0 Å². The molecule has 0 atom stereocenters. The van der Waals surface area contributed by atoms with E-state index in [1.54, 1.807) is 48.5 Å². The van der Waals surface area contributed by atoms with Gasteiger partial charge in [0.15, 0.2) is 0 Å². The molecule has 0 radical (unpaired) electrons. The Balaban J connectivity index is 1.93. The van der Waals surface area contributed by atoms with E-state index in [9.17, 15) is 13.2 Å². The van der Waals surface area contributed by atoms with E-state index >= 15 is 0 Å². The summed E-state index contributed by atoms with van der Waals surface area (Å²) in [7, 11) is -3.96. The van der Waals surface area contributed by atoms with Crippen LogP contribution in [0.15, 0.2) is 88.7 Å². The van der Waals surface area contributed by atoms with Crippen molar-refractivity contribution in [1.82, 2.24) is 0 Å². The number of benzene rings is 3. The zero-order valence-electron chi connectivity index (χ0n) is 17.3. The fourth-order valence-electron chi connectivity index (χ4n) is 2.98. The standard InChI is InChI=1S/C23H24N2O4S2/c1-3-29-19-15-13-18(14-16-19)25(31(27,28)20-9-5-4-6-10-20)17-23(26)24-21-11-7-8-12-22(21)30-2/h4-16H,3,17H2,1-2H3,(H,24,26). The van der Waals surface area contributed by atoms with Crippen LogP contribution in [-0.4, -0.2) is 33.7 Å². The molecule has 3 aromatic rings. The monoisotopic (exact) mass is 456 g/mol. The van der Waals surface area contributed by atoms with Crippen molar-refractivity contribution in [2.75, 3.05) is 29.0 Å². The molecule has 0 fully saturated rings. The van der Waals surface area contributed by atoms with E-state index < -0.39 is 15.9 Å². The molecule has 1 N–H and O–H groups in total. The number of hydrogen-bond donors (Lipinski definition) is 1. The highest BCUT2D eigenvalue weighted by Crippen LogP contribution is 2.27. The Morgan fingerprint density at radius 1 is 0.968 bits per heavy atom. The van der Waals surface area contributed by atoms with Crippen LogP contribution in [-0.2, 0) is 14.8 Å². The van der Waals surface area contributed by atoms with Crippen molar-refractivity contribution in [2.45, 2.75) is 16.7 Å². The minimum atomic E-state index is -3.96. The van der Waals surface area contributed by atoms with Crippen LogP contribution < -0.4 is 14.4 Å². The molecule has 0 saturated heterocycles. The van der Waals surface area contributed by atoms with Gasteiger partial charge in [-0.25, -0.2) is 8.42 Å². The molecule has 162 valence electrons. The van der Waals surface area contributed by atoms with Crippen LogP contribution >= 0.6 is 11.8 Å². The predicted molar refractivity (Wildman–Crippen MR) is 125 cm³/mol. The first kappa shape index (κ1) is 22.7. The summed E-state index contributed by atoms with van der Waals surface area (Å²) >= 11 is 1.50. The van der Waals surface area contributed by atoms with Gasteiger partial charge in [0.2, 0.25) is 5.91 Å². The Labute approximate surface area is 187 Å². The van der Waals surface area contributed by atoms with Crippen molar-refractivity contribution in [3.63, 3.8) is 0 Å². The second-order valence-electron chi connectivity index (χ2n) is 6.50. The normalized spacial score (nSPS) is 11.0. The lowest BCUT2D eigenvalue weighted by atomic mass is 10.3. The molecule has 0 unspecified atom stereocenters. The first-order valence-corrected chi connectivity index (χ1v) is 12.4. The van der Waals surface area contributed by atoms with Crippen LogP contribution in [0.2, 0.25) is 0 Å². The molecule has 1 amide bonds. The second-order valence-corrected chi connectivity index (χ2v) is 9.21. The highest BCUT2D eigenvalue weighted by atomic mass is 32.2. The van der Waals surface area contributed by atoms with Crippen LogP contribution in [0.5, 0.6) is 5.75 Å². The second kappa shape index (κ2) is 10.4. The highest BCUT2D eigenvalue weighted by molar-refractivity contribution is 7.98. The molecule has 0 saturated carbocycles. The lowest BCUT2D eigenvalue weighted by Gasteiger charge is -2.24. The maximum atomic E-state index is 13.4. The summed E-state index contributed by atoms with van der Waals surface area (Å²) in [5.74, 6) is 0.191. The molecule has 0 bridgehead atoms. The number of ether oxygens (including phenoxy) is 1. The molecule has 31 heavy (non-hydrogen) atoms. The number of para-hydroxylation sites is 1. The maximum absolute atomic E-state index is 13.4. The topological polar surface area (TPSA) is 75.7 Å². The lowest BCUT2D eigenvalue weighted by Crippen LogP contribution is -2.38. The SMILES string of the molecule is CCOc1ccc(N(CC(=O)Nc2ccccc2SC)S(=O)(=O)c2ccccc2)cc1. The van der Waals surface area contributed by atoms with E-state index in [0.29, 0.717) is 23.7 Å². The van der Waals surface area contributed by atoms with Gasteiger partial charge < -0.3 is 10.1 Å². The largest absolute Gasteiger partial charge is 0.494 e. The van der Waals surface area contributed by atoms with E-state index in [1.807, 2.05) is 31.4 Å². The zero-order chi connectivity index (χ0) is 22.3. The zero-order valence-corrected chi connectivity index (χ0v) is 18.9. The third-order valence-electron chi connectivity index (χ3n) is 4.44. The summed E-state index contributed by atoms with van der Waals surface area (Å²) in [6.45, 7) is 2.01. The summed E-state index contributed by atoms with van der Waals surface area (Å²) in [6, 6.07) is 22.1. The van der Waals surface area contributed by atoms with Gasteiger partial charge in [0.05, 0.1) is 22.9 Å². The molecule has 0 spiro atoms. The fourth-order valence-corrected chi connectivity index (χ4v) is 4.97. The summed E-state index contributed by atoms with van der Waals surface area (Å²) in [4.78, 5) is 13.9. The van der Waals surface area contributed by atoms with E-state index in [1.165, 1.54) is 23.9 Å². The number of hydrogen-bond acceptors (Lipinski definition) is 5. The quantitative estimate of drug-likeness (QED) is 0.475. The molecule has 3 rings (SSSR count). The molecule has 0 aliphatic carbocycles. The van der Waals surface area contributed by atoms with Gasteiger partial charge in [-0.1, -0.05) is 30.3 Å². The Kier molecular flexibility index (Phi) is 7.59. The lowest BCUT2D eigenvalue weighted by molar-refractivity contribution is -0.114. The number of thioether (sulfide) groups is 1. The number of carbonyl (C=O) groups excluding carboxylic acids is 1. The van der Waals surface area contributed by atoms with Gasteiger partial charge in [0, 0.05) is 4.90 Å². The molecule has 3 aromatic carbocycles. The number of anilines is 2. The Hall–Kier alpha value is -2.97. The summed E-state index contributed by atoms with van der Waals surface area (Å²) in [5.41, 5.74) is 1.02. The van der Waals surface area contributed by atoms with Gasteiger partial charge in [0.1, 0.15) is 12.3 Å². The third-order valence-corrected chi connectivity index (χ3v) is 7.02. The molecule has 0 aromatic heterocycles. The summed E-state index contributed by atoms with van der Waals surface area (Å²) < 4.78 is 33.3. The number of nitrogens with zero attached hydrogens (tertiary/aromatic N) is 1. The third kappa shape index (κ3) is 5.59. The predicted octanol–water partition coefficient (Wildman–Crippen LogP) is 4.64. The van der Waals surface area contributed by atoms with Crippen LogP contribution in [0.25, 0.3) is 0 Å². The minimum absolute atomic E-state index is 0.112. The Morgan fingerprint density at radius 2 is 1.61 bits per heavy atom. The summed E-state index contributed by atoms with van der Waals surface area (Å²) in [6.07, 6.45) is 1.91. The van der Waals surface area contributed by atoms with E-state index in [4.69, 9.17) is 4.74 Å². The molecular weight excluding hydrogens is 432 g/mol. The van der Waals surface area contributed by atoms with E-state index in [-0.39, 0.29) is 11.4 Å².